The number of pyridine rings is 1. The van der Waals surface area contributed by atoms with Crippen LogP contribution in [0.25, 0.3) is 5.69 Å². The molecule has 0 radical (unpaired) electrons. The number of ether oxygens (including phenoxy) is 1. The molecule has 0 fully saturated rings. The Morgan fingerprint density at radius 1 is 1.33 bits per heavy atom. The summed E-state index contributed by atoms with van der Waals surface area (Å²) in [5.74, 6) is 1.69. The van der Waals surface area contributed by atoms with Gasteiger partial charge in [-0.15, -0.1) is 0 Å². The summed E-state index contributed by atoms with van der Waals surface area (Å²) in [5.41, 5.74) is 1.93. The normalized spacial score (nSPS) is 9.52. The lowest BCUT2D eigenvalue weighted by atomic mass is 10.3. The first-order chi connectivity index (χ1) is 10.1. The van der Waals surface area contributed by atoms with Crippen LogP contribution in [0.2, 0.25) is 5.15 Å². The van der Waals surface area contributed by atoms with Gasteiger partial charge in [-0.3, -0.25) is 4.57 Å². The van der Waals surface area contributed by atoms with Crippen molar-refractivity contribution in [2.24, 2.45) is 0 Å². The number of hydrogen-bond donors (Lipinski definition) is 0. The van der Waals surface area contributed by atoms with Crippen molar-refractivity contribution in [1.29, 1.82) is 0 Å². The molecule has 0 spiro atoms. The Hall–Kier alpha value is -2.17. The number of nitrogens with zero attached hydrogens (tertiary/aromatic N) is 3. The average Bonchev–Trinajstić information content (AvgIpc) is 2.91. The monoisotopic (exact) mass is 309 g/mol. The van der Waals surface area contributed by atoms with E-state index in [4.69, 9.17) is 25.9 Å². The fourth-order valence-electron chi connectivity index (χ4n) is 1.85. The largest absolute Gasteiger partial charge is 0.494 e. The van der Waals surface area contributed by atoms with Gasteiger partial charge in [-0.1, -0.05) is 25.4 Å². The molecule has 0 atom stereocenters. The lowest BCUT2D eigenvalue weighted by Crippen LogP contribution is -2.02. The highest BCUT2D eigenvalue weighted by Gasteiger charge is 2.12. The molecular formula is C14H16ClN3O3. The standard InChI is InChI=1S/C13H16ClN3O.CO2/c1-4-9-8-17(13(5-2)16-9)10-7-15-12(14)6-11(10)18-3;2-1-3/h6-8H,4-5H2,1-3H3;. The summed E-state index contributed by atoms with van der Waals surface area (Å²) in [4.78, 5) is 24.9. The molecule has 0 N–H and O–H groups in total. The molecule has 0 unspecified atom stereocenters. The van der Waals surface area contributed by atoms with Gasteiger partial charge in [0.15, 0.2) is 0 Å². The number of imidazole rings is 1. The van der Waals surface area contributed by atoms with Crippen LogP contribution in [0.3, 0.4) is 0 Å². The molecule has 7 heteroatoms. The number of rotatable bonds is 4. The number of halogens is 1. The molecule has 2 rings (SSSR count). The van der Waals surface area contributed by atoms with Gasteiger partial charge in [0.2, 0.25) is 0 Å². The molecule has 0 bridgehead atoms. The van der Waals surface area contributed by atoms with Gasteiger partial charge in [-0.2, -0.15) is 9.59 Å². The third-order valence-electron chi connectivity index (χ3n) is 2.80. The van der Waals surface area contributed by atoms with E-state index in [2.05, 4.69) is 23.8 Å². The topological polar surface area (TPSA) is 74.1 Å². The van der Waals surface area contributed by atoms with E-state index in [0.717, 1.165) is 30.0 Å². The van der Waals surface area contributed by atoms with Gasteiger partial charge >= 0.3 is 6.15 Å². The van der Waals surface area contributed by atoms with E-state index >= 15 is 0 Å². The molecule has 2 heterocycles. The minimum atomic E-state index is 0.250. The summed E-state index contributed by atoms with van der Waals surface area (Å²) in [6.45, 7) is 4.16. The van der Waals surface area contributed by atoms with Gasteiger partial charge in [0, 0.05) is 18.7 Å². The van der Waals surface area contributed by atoms with Crippen molar-refractivity contribution < 1.29 is 14.3 Å². The zero-order valence-corrected chi connectivity index (χ0v) is 12.8. The maximum absolute atomic E-state index is 8.12. The van der Waals surface area contributed by atoms with Crippen LogP contribution in [-0.2, 0) is 22.4 Å². The fourth-order valence-corrected chi connectivity index (χ4v) is 2.00. The summed E-state index contributed by atoms with van der Waals surface area (Å²) < 4.78 is 7.36. The Balaban J connectivity index is 0.000000677. The van der Waals surface area contributed by atoms with E-state index < -0.39 is 0 Å². The summed E-state index contributed by atoms with van der Waals surface area (Å²) >= 11 is 5.87. The molecule has 0 aliphatic heterocycles. The molecule has 0 aliphatic rings. The van der Waals surface area contributed by atoms with Gasteiger partial charge < -0.3 is 4.74 Å². The molecule has 2 aromatic heterocycles. The van der Waals surface area contributed by atoms with Crippen LogP contribution < -0.4 is 4.74 Å². The first-order valence-corrected chi connectivity index (χ1v) is 6.75. The Bertz CT molecular complexity index is 634. The lowest BCUT2D eigenvalue weighted by Gasteiger charge is -2.11. The average molecular weight is 310 g/mol. The van der Waals surface area contributed by atoms with E-state index in [-0.39, 0.29) is 6.15 Å². The van der Waals surface area contributed by atoms with Gasteiger partial charge in [0.05, 0.1) is 19.0 Å². The van der Waals surface area contributed by atoms with E-state index in [9.17, 15) is 0 Å². The van der Waals surface area contributed by atoms with Gasteiger partial charge in [-0.25, -0.2) is 9.97 Å². The SMILES string of the molecule is CCc1cn(-c2cnc(Cl)cc2OC)c(CC)n1.O=C=O. The molecule has 0 saturated heterocycles. The van der Waals surface area contributed by atoms with Crippen molar-refractivity contribution in [3.05, 3.63) is 35.1 Å². The van der Waals surface area contributed by atoms with Crippen molar-refractivity contribution in [3.8, 4) is 11.4 Å². The highest BCUT2D eigenvalue weighted by atomic mass is 35.5. The van der Waals surface area contributed by atoms with E-state index in [1.807, 2.05) is 10.8 Å². The minimum absolute atomic E-state index is 0.250. The second-order valence-corrected chi connectivity index (χ2v) is 4.38. The summed E-state index contributed by atoms with van der Waals surface area (Å²) in [7, 11) is 1.62. The van der Waals surface area contributed by atoms with Gasteiger partial charge in [0.25, 0.3) is 0 Å². The molecule has 0 aliphatic carbocycles. The zero-order chi connectivity index (χ0) is 15.8. The molecule has 0 amide bonds. The minimum Gasteiger partial charge on any atom is -0.494 e. The Kier molecular flexibility index (Phi) is 6.59. The third kappa shape index (κ3) is 4.15. The van der Waals surface area contributed by atoms with Crippen molar-refractivity contribution in [2.45, 2.75) is 26.7 Å². The molecule has 112 valence electrons. The lowest BCUT2D eigenvalue weighted by molar-refractivity contribution is -0.191. The van der Waals surface area contributed by atoms with Crippen molar-refractivity contribution in [2.75, 3.05) is 7.11 Å². The van der Waals surface area contributed by atoms with Gasteiger partial charge in [0.1, 0.15) is 22.4 Å². The van der Waals surface area contributed by atoms with Crippen LogP contribution in [0, 0.1) is 0 Å². The van der Waals surface area contributed by atoms with Crippen molar-refractivity contribution >= 4 is 17.8 Å². The number of aryl methyl sites for hydroxylation is 2. The molecule has 0 aromatic carbocycles. The second-order valence-electron chi connectivity index (χ2n) is 3.99. The molecular weight excluding hydrogens is 294 g/mol. The number of carbonyl (C=O) groups excluding carboxylic acids is 2. The number of aromatic nitrogens is 3. The first kappa shape index (κ1) is 16.9. The van der Waals surface area contributed by atoms with E-state index in [0.29, 0.717) is 10.9 Å². The Labute approximate surface area is 127 Å². The van der Waals surface area contributed by atoms with Crippen LogP contribution in [0.1, 0.15) is 25.4 Å². The van der Waals surface area contributed by atoms with E-state index in [1.54, 1.807) is 19.4 Å². The number of hydrogen-bond acceptors (Lipinski definition) is 5. The Morgan fingerprint density at radius 2 is 2.00 bits per heavy atom. The highest BCUT2D eigenvalue weighted by molar-refractivity contribution is 6.29. The van der Waals surface area contributed by atoms with Crippen LogP contribution in [-0.4, -0.2) is 27.8 Å². The van der Waals surface area contributed by atoms with Crippen molar-refractivity contribution in [3.63, 3.8) is 0 Å². The van der Waals surface area contributed by atoms with Gasteiger partial charge in [-0.05, 0) is 6.42 Å². The molecule has 0 saturated carbocycles. The molecule has 6 nitrogen and oxygen atoms in total. The maximum atomic E-state index is 8.12. The summed E-state index contributed by atoms with van der Waals surface area (Å²) in [6, 6.07) is 1.71. The number of methoxy groups -OCH3 is 1. The van der Waals surface area contributed by atoms with Crippen LogP contribution in [0.5, 0.6) is 5.75 Å². The van der Waals surface area contributed by atoms with Crippen LogP contribution in [0.15, 0.2) is 18.5 Å². The smallest absolute Gasteiger partial charge is 0.373 e. The predicted octanol–water partition coefficient (Wildman–Crippen LogP) is 2.47. The van der Waals surface area contributed by atoms with Crippen LogP contribution >= 0.6 is 11.6 Å². The summed E-state index contributed by atoms with van der Waals surface area (Å²) in [5, 5.41) is 0.421. The quantitative estimate of drug-likeness (QED) is 0.811. The zero-order valence-electron chi connectivity index (χ0n) is 12.1. The highest BCUT2D eigenvalue weighted by Crippen LogP contribution is 2.26. The maximum Gasteiger partial charge on any atom is 0.373 e. The molecule has 21 heavy (non-hydrogen) atoms. The predicted molar refractivity (Wildman–Crippen MR) is 76.7 cm³/mol. The van der Waals surface area contributed by atoms with Crippen molar-refractivity contribution in [1.82, 2.24) is 14.5 Å². The van der Waals surface area contributed by atoms with Crippen LogP contribution in [0.4, 0.5) is 0 Å². The third-order valence-corrected chi connectivity index (χ3v) is 3.01. The first-order valence-electron chi connectivity index (χ1n) is 6.37. The van der Waals surface area contributed by atoms with E-state index in [1.165, 1.54) is 0 Å². The Morgan fingerprint density at radius 3 is 2.52 bits per heavy atom. The fraction of sp³-hybridized carbons (Fsp3) is 0.357. The summed E-state index contributed by atoms with van der Waals surface area (Å²) in [6.07, 6.45) is 5.74. The second kappa shape index (κ2) is 8.19. The molecule has 2 aromatic rings.